The summed E-state index contributed by atoms with van der Waals surface area (Å²) >= 11 is 0. The van der Waals surface area contributed by atoms with Crippen LogP contribution in [0.4, 0.5) is 0 Å². The Morgan fingerprint density at radius 3 is 2.84 bits per heavy atom. The highest BCUT2D eigenvalue weighted by Crippen LogP contribution is 2.32. The molecule has 1 aliphatic rings. The van der Waals surface area contributed by atoms with Gasteiger partial charge in [0.1, 0.15) is 6.54 Å². The molecular formula is C15H24N2O2. The highest BCUT2D eigenvalue weighted by Gasteiger charge is 2.24. The number of aryl methyl sites for hydroxylation is 1. The van der Waals surface area contributed by atoms with Gasteiger partial charge in [-0.1, -0.05) is 0 Å². The number of carbonyl (C=O) groups is 1. The second-order valence-corrected chi connectivity index (χ2v) is 6.48. The number of nitrogens with one attached hydrogen (secondary N) is 1. The van der Waals surface area contributed by atoms with Gasteiger partial charge in [-0.25, -0.2) is 0 Å². The smallest absolute Gasteiger partial charge is 0.240 e. The Bertz CT molecular complexity index is 483. The van der Waals surface area contributed by atoms with Crippen LogP contribution >= 0.6 is 0 Å². The molecule has 4 heteroatoms. The van der Waals surface area contributed by atoms with Crippen LogP contribution < -0.4 is 5.32 Å². The highest BCUT2D eigenvalue weighted by molar-refractivity contribution is 5.76. The van der Waals surface area contributed by atoms with Crippen LogP contribution in [0.25, 0.3) is 0 Å². The molecule has 2 rings (SSSR count). The number of hydrogen-bond donors (Lipinski definition) is 2. The maximum absolute atomic E-state index is 12.1. The van der Waals surface area contributed by atoms with Gasteiger partial charge < -0.3 is 15.0 Å². The van der Waals surface area contributed by atoms with Crippen LogP contribution in [0.5, 0.6) is 0 Å². The van der Waals surface area contributed by atoms with Crippen LogP contribution in [0.2, 0.25) is 0 Å². The molecule has 0 saturated carbocycles. The molecule has 0 saturated heterocycles. The number of aliphatic hydroxyl groups is 1. The van der Waals surface area contributed by atoms with Crippen LogP contribution in [0.3, 0.4) is 0 Å². The monoisotopic (exact) mass is 264 g/mol. The molecule has 106 valence electrons. The fourth-order valence-electron chi connectivity index (χ4n) is 2.76. The highest BCUT2D eigenvalue weighted by atomic mass is 16.3. The molecule has 1 amide bonds. The molecule has 2 N–H and O–H groups in total. The van der Waals surface area contributed by atoms with Gasteiger partial charge in [0.25, 0.3) is 0 Å². The van der Waals surface area contributed by atoms with Crippen molar-refractivity contribution < 1.29 is 9.90 Å². The third-order valence-corrected chi connectivity index (χ3v) is 3.52. The molecule has 0 radical (unpaired) electrons. The quantitative estimate of drug-likeness (QED) is 0.859. The molecule has 0 fully saturated rings. The van der Waals surface area contributed by atoms with Gasteiger partial charge in [0.05, 0.1) is 6.10 Å². The van der Waals surface area contributed by atoms with Gasteiger partial charge in [-0.15, -0.1) is 0 Å². The Kier molecular flexibility index (Phi) is 3.72. The maximum atomic E-state index is 12.1. The fraction of sp³-hybridized carbons (Fsp3) is 0.667. The molecule has 1 aromatic rings. The van der Waals surface area contributed by atoms with Gasteiger partial charge in [-0.3, -0.25) is 4.79 Å². The van der Waals surface area contributed by atoms with Crippen LogP contribution in [-0.2, 0) is 17.8 Å². The summed E-state index contributed by atoms with van der Waals surface area (Å²) in [7, 11) is 0. The summed E-state index contributed by atoms with van der Waals surface area (Å²) < 4.78 is 2.04. The van der Waals surface area contributed by atoms with E-state index in [9.17, 15) is 9.90 Å². The zero-order chi connectivity index (χ0) is 14.2. The van der Waals surface area contributed by atoms with Crippen LogP contribution in [0, 0.1) is 6.92 Å². The summed E-state index contributed by atoms with van der Waals surface area (Å²) in [5.41, 5.74) is 2.97. The van der Waals surface area contributed by atoms with E-state index in [-0.39, 0.29) is 17.6 Å². The van der Waals surface area contributed by atoms with E-state index in [4.69, 9.17) is 0 Å². The first-order chi connectivity index (χ1) is 8.78. The molecule has 0 aliphatic heterocycles. The Balaban J connectivity index is 2.19. The molecule has 1 unspecified atom stereocenters. The molecule has 4 nitrogen and oxygen atoms in total. The van der Waals surface area contributed by atoms with E-state index in [0.717, 1.165) is 36.2 Å². The minimum atomic E-state index is -0.366. The third-order valence-electron chi connectivity index (χ3n) is 3.52. The molecule has 0 bridgehead atoms. The molecular weight excluding hydrogens is 240 g/mol. The van der Waals surface area contributed by atoms with Gasteiger partial charge in [-0.2, -0.15) is 0 Å². The molecule has 1 aliphatic carbocycles. The van der Waals surface area contributed by atoms with Gasteiger partial charge in [0.2, 0.25) is 5.91 Å². The average Bonchev–Trinajstić information content (AvgIpc) is 2.55. The van der Waals surface area contributed by atoms with Crippen molar-refractivity contribution in [3.8, 4) is 0 Å². The largest absolute Gasteiger partial charge is 0.388 e. The van der Waals surface area contributed by atoms with Crippen LogP contribution in [-0.4, -0.2) is 21.1 Å². The van der Waals surface area contributed by atoms with Gasteiger partial charge >= 0.3 is 0 Å². The molecule has 1 heterocycles. The van der Waals surface area contributed by atoms with E-state index < -0.39 is 0 Å². The van der Waals surface area contributed by atoms with E-state index in [1.807, 2.05) is 38.3 Å². The minimum absolute atomic E-state index is 0.0223. The maximum Gasteiger partial charge on any atom is 0.240 e. The predicted molar refractivity (Wildman–Crippen MR) is 75.0 cm³/mol. The predicted octanol–water partition coefficient (Wildman–Crippen LogP) is 2.08. The van der Waals surface area contributed by atoms with Crippen molar-refractivity contribution in [2.75, 3.05) is 0 Å². The number of aromatic nitrogens is 1. The fourth-order valence-corrected chi connectivity index (χ4v) is 2.76. The Labute approximate surface area is 114 Å². The van der Waals surface area contributed by atoms with Crippen molar-refractivity contribution >= 4 is 5.91 Å². The second-order valence-electron chi connectivity index (χ2n) is 6.48. The zero-order valence-corrected chi connectivity index (χ0v) is 12.3. The third kappa shape index (κ3) is 3.18. The summed E-state index contributed by atoms with van der Waals surface area (Å²) in [5.74, 6) is 0.0223. The van der Waals surface area contributed by atoms with E-state index >= 15 is 0 Å². The lowest BCUT2D eigenvalue weighted by Crippen LogP contribution is -2.42. The van der Waals surface area contributed by atoms with Crippen molar-refractivity contribution in [2.24, 2.45) is 0 Å². The summed E-state index contributed by atoms with van der Waals surface area (Å²) in [4.78, 5) is 12.1. The number of carbonyl (C=O) groups excluding carboxylic acids is 1. The van der Waals surface area contributed by atoms with Crippen molar-refractivity contribution in [3.05, 3.63) is 23.0 Å². The molecule has 1 atom stereocenters. The summed E-state index contributed by atoms with van der Waals surface area (Å²) in [6, 6.07) is 2.02. The lowest BCUT2D eigenvalue weighted by molar-refractivity contribution is -0.123. The minimum Gasteiger partial charge on any atom is -0.388 e. The van der Waals surface area contributed by atoms with Gasteiger partial charge in [-0.05, 0) is 53.0 Å². The summed E-state index contributed by atoms with van der Waals surface area (Å²) in [5, 5.41) is 13.0. The average molecular weight is 264 g/mol. The second kappa shape index (κ2) is 5.00. The number of fused-ring (bicyclic) bond motifs is 1. The standard InChI is InChI=1S/C15H24N2O2/c1-10-8-11-12(6-5-7-13(11)18)17(10)9-14(19)16-15(2,3)4/h8,13,18H,5-7,9H2,1-4H3,(H,16,19). The molecule has 1 aromatic heterocycles. The van der Waals surface area contributed by atoms with E-state index in [1.165, 1.54) is 0 Å². The molecule has 0 spiro atoms. The van der Waals surface area contributed by atoms with Gasteiger partial charge in [0, 0.05) is 22.5 Å². The Morgan fingerprint density at radius 2 is 2.21 bits per heavy atom. The number of amides is 1. The molecule has 0 aromatic carbocycles. The topological polar surface area (TPSA) is 54.3 Å². The van der Waals surface area contributed by atoms with Crippen molar-refractivity contribution in [2.45, 2.75) is 65.1 Å². The van der Waals surface area contributed by atoms with Crippen molar-refractivity contribution in [1.82, 2.24) is 9.88 Å². The van der Waals surface area contributed by atoms with Crippen LogP contribution in [0.15, 0.2) is 6.07 Å². The van der Waals surface area contributed by atoms with E-state index in [0.29, 0.717) is 6.54 Å². The van der Waals surface area contributed by atoms with Gasteiger partial charge in [0.15, 0.2) is 0 Å². The number of hydrogen-bond acceptors (Lipinski definition) is 2. The van der Waals surface area contributed by atoms with E-state index in [1.54, 1.807) is 0 Å². The molecule has 19 heavy (non-hydrogen) atoms. The summed E-state index contributed by atoms with van der Waals surface area (Å²) in [6.07, 6.45) is 2.39. The lowest BCUT2D eigenvalue weighted by Gasteiger charge is -2.23. The number of aliphatic hydroxyl groups excluding tert-OH is 1. The first-order valence-corrected chi connectivity index (χ1v) is 6.96. The zero-order valence-electron chi connectivity index (χ0n) is 12.3. The van der Waals surface area contributed by atoms with Crippen LogP contribution in [0.1, 0.15) is 56.7 Å². The number of rotatable bonds is 2. The van der Waals surface area contributed by atoms with Crippen molar-refractivity contribution in [1.29, 1.82) is 0 Å². The normalized spacial score (nSPS) is 19.1. The Hall–Kier alpha value is -1.29. The summed E-state index contributed by atoms with van der Waals surface area (Å²) in [6.45, 7) is 8.27. The first kappa shape index (κ1) is 14.1. The first-order valence-electron chi connectivity index (χ1n) is 6.96. The SMILES string of the molecule is Cc1cc2c(n1CC(=O)NC(C)(C)C)CCCC2O. The van der Waals surface area contributed by atoms with E-state index in [2.05, 4.69) is 5.32 Å². The lowest BCUT2D eigenvalue weighted by atomic mass is 9.95. The Morgan fingerprint density at radius 1 is 1.53 bits per heavy atom. The van der Waals surface area contributed by atoms with Crippen molar-refractivity contribution in [3.63, 3.8) is 0 Å². The number of nitrogens with zero attached hydrogens (tertiary/aromatic N) is 1.